The second-order valence-electron chi connectivity index (χ2n) is 4.67. The molecule has 20 heavy (non-hydrogen) atoms. The second-order valence-corrected chi connectivity index (χ2v) is 4.67. The van der Waals surface area contributed by atoms with E-state index in [4.69, 9.17) is 9.47 Å². The van der Waals surface area contributed by atoms with Crippen LogP contribution < -0.4 is 15.4 Å². The molecule has 0 aliphatic carbocycles. The highest BCUT2D eigenvalue weighted by Crippen LogP contribution is 2.13. The zero-order chi connectivity index (χ0) is 14.8. The van der Waals surface area contributed by atoms with Gasteiger partial charge in [-0.1, -0.05) is 19.1 Å². The predicted octanol–water partition coefficient (Wildman–Crippen LogP) is 1.18. The maximum atomic E-state index is 11.8. The Kier molecular flexibility index (Phi) is 7.69. The van der Waals surface area contributed by atoms with Crippen molar-refractivity contribution in [3.05, 3.63) is 29.8 Å². The Hall–Kier alpha value is -1.59. The number of benzene rings is 1. The summed E-state index contributed by atoms with van der Waals surface area (Å²) in [5, 5.41) is 5.91. The highest BCUT2D eigenvalue weighted by Gasteiger charge is 2.10. The van der Waals surface area contributed by atoms with Crippen LogP contribution in [0.4, 0.5) is 0 Å². The summed E-state index contributed by atoms with van der Waals surface area (Å²) in [5.41, 5.74) is 1.02. The van der Waals surface area contributed by atoms with Crippen LogP contribution in [-0.2, 0) is 16.1 Å². The van der Waals surface area contributed by atoms with Crippen LogP contribution in [0.5, 0.6) is 5.75 Å². The number of methoxy groups -OCH3 is 1. The smallest absolute Gasteiger partial charge is 0.224 e. The number of carbonyl (C=O) groups is 1. The van der Waals surface area contributed by atoms with Crippen molar-refractivity contribution in [2.45, 2.75) is 13.5 Å². The molecule has 0 saturated heterocycles. The minimum absolute atomic E-state index is 0.0406. The van der Waals surface area contributed by atoms with Crippen LogP contribution in [0.1, 0.15) is 12.5 Å². The number of nitrogens with one attached hydrogen (secondary N) is 2. The van der Waals surface area contributed by atoms with Gasteiger partial charge in [-0.15, -0.1) is 0 Å². The third-order valence-electron chi connectivity index (χ3n) is 2.88. The van der Waals surface area contributed by atoms with E-state index < -0.39 is 0 Å². The first kappa shape index (κ1) is 16.5. The van der Waals surface area contributed by atoms with Gasteiger partial charge < -0.3 is 20.1 Å². The maximum Gasteiger partial charge on any atom is 0.224 e. The van der Waals surface area contributed by atoms with Gasteiger partial charge in [0.2, 0.25) is 5.91 Å². The Balaban J connectivity index is 2.43. The largest absolute Gasteiger partial charge is 0.491 e. The van der Waals surface area contributed by atoms with Gasteiger partial charge in [0.1, 0.15) is 12.4 Å². The summed E-state index contributed by atoms with van der Waals surface area (Å²) in [4.78, 5) is 11.8. The van der Waals surface area contributed by atoms with Crippen molar-refractivity contribution in [1.82, 2.24) is 10.6 Å². The molecule has 1 rings (SSSR count). The van der Waals surface area contributed by atoms with Gasteiger partial charge in [-0.2, -0.15) is 0 Å². The summed E-state index contributed by atoms with van der Waals surface area (Å²) in [5.74, 6) is 0.795. The van der Waals surface area contributed by atoms with E-state index in [9.17, 15) is 4.79 Å². The van der Waals surface area contributed by atoms with Crippen molar-refractivity contribution in [1.29, 1.82) is 0 Å². The lowest BCUT2D eigenvalue weighted by atomic mass is 10.1. The van der Waals surface area contributed by atoms with E-state index in [0.717, 1.165) is 11.3 Å². The molecule has 0 fully saturated rings. The van der Waals surface area contributed by atoms with Crippen LogP contribution in [0.25, 0.3) is 0 Å². The molecule has 1 aromatic carbocycles. The number of ether oxygens (including phenoxy) is 2. The molecule has 0 aromatic heterocycles. The second kappa shape index (κ2) is 9.34. The van der Waals surface area contributed by atoms with Gasteiger partial charge in [0, 0.05) is 26.1 Å². The van der Waals surface area contributed by atoms with Crippen LogP contribution >= 0.6 is 0 Å². The number of carbonyl (C=O) groups excluding carboxylic acids is 1. The topological polar surface area (TPSA) is 59.6 Å². The lowest BCUT2D eigenvalue weighted by Gasteiger charge is -2.12. The molecule has 0 saturated carbocycles. The van der Waals surface area contributed by atoms with Gasteiger partial charge in [0.25, 0.3) is 0 Å². The molecule has 5 heteroatoms. The summed E-state index contributed by atoms with van der Waals surface area (Å²) >= 11 is 0. The number of rotatable bonds is 9. The Morgan fingerprint density at radius 3 is 2.85 bits per heavy atom. The third kappa shape index (κ3) is 6.04. The van der Waals surface area contributed by atoms with Gasteiger partial charge in [-0.05, 0) is 24.7 Å². The van der Waals surface area contributed by atoms with Crippen molar-refractivity contribution in [3.8, 4) is 5.75 Å². The number of hydrogen-bond acceptors (Lipinski definition) is 4. The standard InChI is InChI=1S/C15H24N2O3/c1-12(10-16-2)15(18)17-11-13-5-4-6-14(9-13)20-8-7-19-3/h4-6,9,12,16H,7-8,10-11H2,1-3H3,(H,17,18). The molecule has 1 amide bonds. The van der Waals surface area contributed by atoms with E-state index in [-0.39, 0.29) is 11.8 Å². The van der Waals surface area contributed by atoms with Gasteiger partial charge in [0.15, 0.2) is 0 Å². The van der Waals surface area contributed by atoms with E-state index in [2.05, 4.69) is 10.6 Å². The first-order valence-corrected chi connectivity index (χ1v) is 6.80. The monoisotopic (exact) mass is 280 g/mol. The van der Waals surface area contributed by atoms with Crippen molar-refractivity contribution < 1.29 is 14.3 Å². The Labute approximate surface area is 120 Å². The maximum absolute atomic E-state index is 11.8. The zero-order valence-corrected chi connectivity index (χ0v) is 12.4. The third-order valence-corrected chi connectivity index (χ3v) is 2.88. The van der Waals surface area contributed by atoms with Gasteiger partial charge in [-0.3, -0.25) is 4.79 Å². The first-order chi connectivity index (χ1) is 9.67. The molecule has 1 atom stereocenters. The van der Waals surface area contributed by atoms with Crippen molar-refractivity contribution >= 4 is 5.91 Å². The molecule has 112 valence electrons. The lowest BCUT2D eigenvalue weighted by molar-refractivity contribution is -0.124. The van der Waals surface area contributed by atoms with Crippen molar-refractivity contribution in [3.63, 3.8) is 0 Å². The van der Waals surface area contributed by atoms with Gasteiger partial charge >= 0.3 is 0 Å². The van der Waals surface area contributed by atoms with Gasteiger partial charge in [-0.25, -0.2) is 0 Å². The van der Waals surface area contributed by atoms with E-state index in [0.29, 0.717) is 26.3 Å². The van der Waals surface area contributed by atoms with Crippen LogP contribution in [0.3, 0.4) is 0 Å². The summed E-state index contributed by atoms with van der Waals surface area (Å²) in [7, 11) is 3.48. The van der Waals surface area contributed by atoms with Crippen LogP contribution in [-0.4, -0.2) is 39.8 Å². The minimum atomic E-state index is -0.0406. The van der Waals surface area contributed by atoms with Crippen LogP contribution in [0.15, 0.2) is 24.3 Å². The molecule has 2 N–H and O–H groups in total. The van der Waals surface area contributed by atoms with Crippen LogP contribution in [0, 0.1) is 5.92 Å². The van der Waals surface area contributed by atoms with Gasteiger partial charge in [0.05, 0.1) is 6.61 Å². The highest BCUT2D eigenvalue weighted by molar-refractivity contribution is 5.78. The molecule has 0 spiro atoms. The fourth-order valence-electron chi connectivity index (χ4n) is 1.75. The summed E-state index contributed by atoms with van der Waals surface area (Å²) in [6, 6.07) is 7.70. The Morgan fingerprint density at radius 1 is 1.35 bits per heavy atom. The Morgan fingerprint density at radius 2 is 2.15 bits per heavy atom. The SMILES string of the molecule is CNCC(C)C(=O)NCc1cccc(OCCOC)c1. The van der Waals surface area contributed by atoms with E-state index in [1.54, 1.807) is 7.11 Å². The van der Waals surface area contributed by atoms with Crippen LogP contribution in [0.2, 0.25) is 0 Å². The van der Waals surface area contributed by atoms with Crippen molar-refractivity contribution in [2.75, 3.05) is 33.9 Å². The molecule has 0 radical (unpaired) electrons. The molecular weight excluding hydrogens is 256 g/mol. The fourth-order valence-corrected chi connectivity index (χ4v) is 1.75. The lowest BCUT2D eigenvalue weighted by Crippen LogP contribution is -2.33. The zero-order valence-electron chi connectivity index (χ0n) is 12.4. The average Bonchev–Trinajstić information content (AvgIpc) is 2.46. The van der Waals surface area contributed by atoms with Crippen molar-refractivity contribution in [2.24, 2.45) is 5.92 Å². The minimum Gasteiger partial charge on any atom is -0.491 e. The number of amides is 1. The Bertz CT molecular complexity index is 410. The summed E-state index contributed by atoms with van der Waals surface area (Å²) < 4.78 is 10.5. The summed E-state index contributed by atoms with van der Waals surface area (Å²) in [6.07, 6.45) is 0. The van der Waals surface area contributed by atoms with E-state index in [1.165, 1.54) is 0 Å². The summed E-state index contributed by atoms with van der Waals surface area (Å²) in [6.45, 7) is 4.16. The van der Waals surface area contributed by atoms with E-state index >= 15 is 0 Å². The predicted molar refractivity (Wildman–Crippen MR) is 78.8 cm³/mol. The molecule has 0 aliphatic rings. The van der Waals surface area contributed by atoms with E-state index in [1.807, 2.05) is 38.2 Å². The fraction of sp³-hybridized carbons (Fsp3) is 0.533. The molecule has 1 aromatic rings. The molecule has 0 aliphatic heterocycles. The molecule has 5 nitrogen and oxygen atoms in total. The molecular formula is C15H24N2O3. The molecule has 0 bridgehead atoms. The molecule has 0 heterocycles. The molecule has 1 unspecified atom stereocenters. The average molecular weight is 280 g/mol. The first-order valence-electron chi connectivity index (χ1n) is 6.80. The highest BCUT2D eigenvalue weighted by atomic mass is 16.5. The number of hydrogen-bond donors (Lipinski definition) is 2. The normalized spacial score (nSPS) is 11.9. The quantitative estimate of drug-likeness (QED) is 0.667.